The Bertz CT molecular complexity index is 274. The van der Waals surface area contributed by atoms with Crippen molar-refractivity contribution in [2.75, 3.05) is 6.79 Å². The minimum Gasteiger partial charge on any atom is -0.429 e. The average molecular weight is 266 g/mol. The number of carbonyl (C=O) groups is 1. The molecule has 2 N–H and O–H groups in total. The Hall–Kier alpha value is -0.710. The van der Waals surface area contributed by atoms with E-state index in [1.54, 1.807) is 20.8 Å². The highest BCUT2D eigenvalue weighted by Crippen LogP contribution is 2.30. The third-order valence-electron chi connectivity index (χ3n) is 1.67. The molecule has 0 aromatic heterocycles. The van der Waals surface area contributed by atoms with E-state index in [1.165, 1.54) is 0 Å². The second-order valence-corrected chi connectivity index (χ2v) is 6.30. The van der Waals surface area contributed by atoms with Gasteiger partial charge in [-0.3, -0.25) is 5.73 Å². The number of hydrogen-bond acceptors (Lipinski definition) is 6. The van der Waals surface area contributed by atoms with Crippen LogP contribution < -0.4 is 5.73 Å². The Morgan fingerprint density at radius 1 is 1.35 bits per heavy atom. The molecular weight excluding hydrogens is 245 g/mol. The number of carbonyl (C=O) groups excluding carboxylic acids is 1. The van der Waals surface area contributed by atoms with Crippen LogP contribution >= 0.6 is 8.03 Å². The molecule has 0 amide bonds. The van der Waals surface area contributed by atoms with Crippen LogP contribution in [0.1, 0.15) is 34.6 Å². The highest BCUT2D eigenvalue weighted by atomic mass is 31.1. The van der Waals surface area contributed by atoms with E-state index in [0.717, 1.165) is 0 Å². The smallest absolute Gasteiger partial charge is 0.429 e. The molecule has 0 spiro atoms. The molecule has 0 bridgehead atoms. The normalized spacial score (nSPS) is 14.4. The van der Waals surface area contributed by atoms with Crippen molar-refractivity contribution >= 4 is 14.2 Å². The first-order valence-corrected chi connectivity index (χ1v) is 6.59. The summed E-state index contributed by atoms with van der Waals surface area (Å²) >= 11 is 0. The Balaban J connectivity index is 3.85. The number of nitrogens with two attached hydrogens (primary N) is 1. The van der Waals surface area contributed by atoms with Crippen molar-refractivity contribution < 1.29 is 23.4 Å². The molecule has 0 aliphatic rings. The van der Waals surface area contributed by atoms with Gasteiger partial charge in [-0.05, 0) is 25.3 Å². The zero-order valence-corrected chi connectivity index (χ0v) is 11.8. The summed E-state index contributed by atoms with van der Waals surface area (Å²) in [4.78, 5) is 11.1. The lowest BCUT2D eigenvalue weighted by atomic mass is 10.2. The van der Waals surface area contributed by atoms with E-state index in [9.17, 15) is 9.36 Å². The van der Waals surface area contributed by atoms with E-state index in [2.05, 4.69) is 4.74 Å². The van der Waals surface area contributed by atoms with Gasteiger partial charge in [0.2, 0.25) is 12.6 Å². The van der Waals surface area contributed by atoms with Crippen LogP contribution in [-0.2, 0) is 18.6 Å². The molecule has 0 aromatic rings. The van der Waals surface area contributed by atoms with Gasteiger partial charge >= 0.3 is 14.2 Å². The summed E-state index contributed by atoms with van der Waals surface area (Å²) in [5.41, 5.74) is 4.97. The highest BCUT2D eigenvalue weighted by molar-refractivity contribution is 7.39. The minimum atomic E-state index is -2.05. The molecule has 0 aliphatic heterocycles. The molecular formula is C10H21NO5P+. The van der Waals surface area contributed by atoms with Gasteiger partial charge in [-0.25, -0.2) is 4.79 Å². The number of hydrogen-bond donors (Lipinski definition) is 1. The van der Waals surface area contributed by atoms with E-state index < -0.39 is 32.4 Å². The fourth-order valence-electron chi connectivity index (χ4n) is 0.735. The van der Waals surface area contributed by atoms with Crippen LogP contribution in [0.2, 0.25) is 0 Å². The molecule has 0 radical (unpaired) electrons. The van der Waals surface area contributed by atoms with E-state index in [-0.39, 0.29) is 5.92 Å². The number of ether oxygens (including phenoxy) is 2. The zero-order chi connectivity index (χ0) is 13.6. The maximum absolute atomic E-state index is 11.4. The summed E-state index contributed by atoms with van der Waals surface area (Å²) in [6.45, 7) is 8.37. The monoisotopic (exact) mass is 266 g/mol. The molecule has 6 nitrogen and oxygen atoms in total. The summed E-state index contributed by atoms with van der Waals surface area (Å²) in [6.07, 6.45) is -0.862. The summed E-state index contributed by atoms with van der Waals surface area (Å²) in [6, 6.07) is 0. The predicted octanol–water partition coefficient (Wildman–Crippen LogP) is 2.60. The lowest BCUT2D eigenvalue weighted by Crippen LogP contribution is -2.25. The van der Waals surface area contributed by atoms with Crippen LogP contribution in [0.5, 0.6) is 0 Å². The third-order valence-corrected chi connectivity index (χ3v) is 3.12. The first-order chi connectivity index (χ1) is 7.63. The topological polar surface area (TPSA) is 87.9 Å². The Morgan fingerprint density at radius 3 is 2.29 bits per heavy atom. The van der Waals surface area contributed by atoms with Crippen LogP contribution in [0.15, 0.2) is 0 Å². The van der Waals surface area contributed by atoms with Crippen LogP contribution in [-0.4, -0.2) is 24.3 Å². The second-order valence-electron chi connectivity index (χ2n) is 4.88. The summed E-state index contributed by atoms with van der Waals surface area (Å²) in [7, 11) is -2.05. The van der Waals surface area contributed by atoms with Gasteiger partial charge < -0.3 is 9.47 Å². The molecule has 17 heavy (non-hydrogen) atoms. The van der Waals surface area contributed by atoms with Crippen molar-refractivity contribution in [2.45, 2.75) is 46.0 Å². The predicted molar refractivity (Wildman–Crippen MR) is 63.7 cm³/mol. The fraction of sp³-hybridized carbons (Fsp3) is 0.900. The molecule has 0 heterocycles. The van der Waals surface area contributed by atoms with Gasteiger partial charge in [-0.15, -0.1) is 4.52 Å². The highest BCUT2D eigenvalue weighted by Gasteiger charge is 2.32. The van der Waals surface area contributed by atoms with Gasteiger partial charge in [0.1, 0.15) is 5.60 Å². The Labute approximate surface area is 103 Å². The van der Waals surface area contributed by atoms with Crippen molar-refractivity contribution in [3.63, 3.8) is 0 Å². The van der Waals surface area contributed by atoms with Gasteiger partial charge in [-0.2, -0.15) is 0 Å². The van der Waals surface area contributed by atoms with Gasteiger partial charge in [-0.1, -0.05) is 13.8 Å². The fourth-order valence-corrected chi connectivity index (χ4v) is 1.55. The zero-order valence-electron chi connectivity index (χ0n) is 10.9. The largest absolute Gasteiger partial charge is 0.530 e. The van der Waals surface area contributed by atoms with Crippen LogP contribution in [0.4, 0.5) is 4.79 Å². The molecule has 0 saturated heterocycles. The second kappa shape index (κ2) is 6.89. The molecule has 0 fully saturated rings. The Kier molecular flexibility index (Phi) is 6.60. The lowest BCUT2D eigenvalue weighted by Gasteiger charge is -2.18. The van der Waals surface area contributed by atoms with Crippen molar-refractivity contribution in [1.29, 1.82) is 0 Å². The van der Waals surface area contributed by atoms with Crippen molar-refractivity contribution in [1.82, 2.24) is 0 Å². The molecule has 2 atom stereocenters. The minimum absolute atomic E-state index is 0.0279. The SMILES string of the molecule is CC(C)[C@@H](N)[P+](=O)OCOC(=O)OC(C)(C)C. The number of rotatable bonds is 5. The van der Waals surface area contributed by atoms with E-state index >= 15 is 0 Å². The van der Waals surface area contributed by atoms with Crippen LogP contribution in [0, 0.1) is 5.92 Å². The first kappa shape index (κ1) is 16.3. The first-order valence-electron chi connectivity index (χ1n) is 5.34. The molecule has 7 heteroatoms. The lowest BCUT2D eigenvalue weighted by molar-refractivity contribution is -0.0347. The van der Waals surface area contributed by atoms with Crippen molar-refractivity contribution in [3.05, 3.63) is 0 Å². The summed E-state index contributed by atoms with van der Waals surface area (Å²) in [5, 5.41) is 0. The summed E-state index contributed by atoms with van der Waals surface area (Å²) < 4.78 is 25.7. The Morgan fingerprint density at radius 2 is 1.88 bits per heavy atom. The van der Waals surface area contributed by atoms with Crippen LogP contribution in [0.25, 0.3) is 0 Å². The quantitative estimate of drug-likeness (QED) is 0.467. The molecule has 0 rings (SSSR count). The molecule has 0 aliphatic carbocycles. The summed E-state index contributed by atoms with van der Waals surface area (Å²) in [5.74, 6) is -0.549. The molecule has 0 saturated carbocycles. The van der Waals surface area contributed by atoms with Crippen LogP contribution in [0.3, 0.4) is 0 Å². The maximum Gasteiger partial charge on any atom is 0.530 e. The van der Waals surface area contributed by atoms with Crippen molar-refractivity contribution in [2.24, 2.45) is 11.7 Å². The van der Waals surface area contributed by atoms with Gasteiger partial charge in [0, 0.05) is 5.92 Å². The molecule has 0 aromatic carbocycles. The molecule has 100 valence electrons. The third kappa shape index (κ3) is 8.07. The molecule has 1 unspecified atom stereocenters. The van der Waals surface area contributed by atoms with Gasteiger partial charge in [0.25, 0.3) is 0 Å². The van der Waals surface area contributed by atoms with Gasteiger partial charge in [0.15, 0.2) is 0 Å². The van der Waals surface area contributed by atoms with E-state index in [0.29, 0.717) is 0 Å². The van der Waals surface area contributed by atoms with Crippen molar-refractivity contribution in [3.8, 4) is 0 Å². The van der Waals surface area contributed by atoms with E-state index in [4.69, 9.17) is 15.0 Å². The maximum atomic E-state index is 11.4. The average Bonchev–Trinajstić information content (AvgIpc) is 2.13. The standard InChI is InChI=1S/C10H21NO5P/c1-7(2)8(11)17(13)15-6-14-9(12)16-10(3,4)5/h7-8H,6,11H2,1-5H3/q+1/t8-/m0/s1. The van der Waals surface area contributed by atoms with Gasteiger partial charge in [0.05, 0.1) is 0 Å². The van der Waals surface area contributed by atoms with E-state index in [1.807, 2.05) is 13.8 Å².